The van der Waals surface area contributed by atoms with Crippen molar-refractivity contribution in [2.75, 3.05) is 0 Å². The third-order valence-electron chi connectivity index (χ3n) is 0.289. The molecule has 0 saturated heterocycles. The summed E-state index contributed by atoms with van der Waals surface area (Å²) < 4.78 is 0. The van der Waals surface area contributed by atoms with Gasteiger partial charge in [0.15, 0.2) is 0 Å². The monoisotopic (exact) mass is 176 g/mol. The van der Waals surface area contributed by atoms with E-state index in [0.717, 1.165) is 6.42 Å². The molecule has 0 unspecified atom stereocenters. The zero-order valence-electron chi connectivity index (χ0n) is 3.49. The summed E-state index contributed by atoms with van der Waals surface area (Å²) in [7, 11) is 0. The van der Waals surface area contributed by atoms with Crippen molar-refractivity contribution < 1.29 is 0 Å². The molecule has 0 saturated carbocycles. The SMILES string of the molecule is C=CCC.[Sn]. The first kappa shape index (κ1) is 9.11. The predicted octanol–water partition coefficient (Wildman–Crippen LogP) is 1.20. The fourth-order valence-electron chi connectivity index (χ4n) is 0. The van der Waals surface area contributed by atoms with E-state index in [1.54, 1.807) is 0 Å². The van der Waals surface area contributed by atoms with Crippen LogP contribution < -0.4 is 0 Å². The first-order chi connectivity index (χ1) is 1.91. The van der Waals surface area contributed by atoms with Crippen LogP contribution in [0.1, 0.15) is 13.3 Å². The molecule has 0 aliphatic rings. The molecule has 0 aromatic heterocycles. The standard InChI is InChI=1S/C4H8.Sn/c1-3-4-2;/h3H,1,4H2,2H3;. The van der Waals surface area contributed by atoms with E-state index in [-0.39, 0.29) is 23.9 Å². The predicted molar refractivity (Wildman–Crippen MR) is 26.2 cm³/mol. The minimum atomic E-state index is 0. The Morgan fingerprint density at radius 1 is 1.80 bits per heavy atom. The largest absolute Gasteiger partial charge is 0.103 e. The zero-order chi connectivity index (χ0) is 3.41. The maximum Gasteiger partial charge on any atom is 0 e. The van der Waals surface area contributed by atoms with Gasteiger partial charge in [0, 0.05) is 23.9 Å². The Bertz CT molecular complexity index is 17.6. The second kappa shape index (κ2) is 8.82. The van der Waals surface area contributed by atoms with Crippen molar-refractivity contribution in [1.29, 1.82) is 0 Å². The molecule has 0 fully saturated rings. The maximum absolute atomic E-state index is 3.48. The van der Waals surface area contributed by atoms with E-state index in [0.29, 0.717) is 0 Å². The van der Waals surface area contributed by atoms with Gasteiger partial charge in [-0.2, -0.15) is 0 Å². The first-order valence-corrected chi connectivity index (χ1v) is 1.52. The summed E-state index contributed by atoms with van der Waals surface area (Å²) in [6.45, 7) is 5.54. The van der Waals surface area contributed by atoms with Gasteiger partial charge in [-0.1, -0.05) is 13.0 Å². The van der Waals surface area contributed by atoms with Crippen LogP contribution in [0.3, 0.4) is 0 Å². The summed E-state index contributed by atoms with van der Waals surface area (Å²) in [4.78, 5) is 0. The van der Waals surface area contributed by atoms with Crippen LogP contribution in [-0.4, -0.2) is 23.9 Å². The van der Waals surface area contributed by atoms with E-state index in [2.05, 4.69) is 13.5 Å². The molecule has 1 heteroatoms. The van der Waals surface area contributed by atoms with Crippen molar-refractivity contribution in [2.45, 2.75) is 13.3 Å². The fraction of sp³-hybridized carbons (Fsp3) is 0.500. The van der Waals surface area contributed by atoms with Gasteiger partial charge < -0.3 is 0 Å². The molecule has 0 spiro atoms. The van der Waals surface area contributed by atoms with E-state index in [9.17, 15) is 0 Å². The molecule has 5 heavy (non-hydrogen) atoms. The summed E-state index contributed by atoms with van der Waals surface area (Å²) in [6.07, 6.45) is 2.96. The number of hydrogen-bond donors (Lipinski definition) is 0. The molecule has 0 atom stereocenters. The van der Waals surface area contributed by atoms with Crippen molar-refractivity contribution in [3.05, 3.63) is 12.7 Å². The van der Waals surface area contributed by atoms with Gasteiger partial charge in [0.05, 0.1) is 0 Å². The van der Waals surface area contributed by atoms with Crippen molar-refractivity contribution in [2.24, 2.45) is 0 Å². The van der Waals surface area contributed by atoms with Crippen LogP contribution in [0.25, 0.3) is 0 Å². The summed E-state index contributed by atoms with van der Waals surface area (Å²) in [6, 6.07) is 0. The summed E-state index contributed by atoms with van der Waals surface area (Å²) in [5, 5.41) is 0. The van der Waals surface area contributed by atoms with Crippen LogP contribution in [0.15, 0.2) is 12.7 Å². The van der Waals surface area contributed by atoms with Crippen LogP contribution in [0.2, 0.25) is 0 Å². The van der Waals surface area contributed by atoms with Gasteiger partial charge in [-0.3, -0.25) is 0 Å². The van der Waals surface area contributed by atoms with Crippen molar-refractivity contribution in [1.82, 2.24) is 0 Å². The van der Waals surface area contributed by atoms with Crippen LogP contribution in [0.5, 0.6) is 0 Å². The number of hydrogen-bond acceptors (Lipinski definition) is 0. The van der Waals surface area contributed by atoms with E-state index in [1.807, 2.05) is 6.08 Å². The van der Waals surface area contributed by atoms with E-state index in [4.69, 9.17) is 0 Å². The first-order valence-electron chi connectivity index (χ1n) is 1.52. The second-order valence-electron chi connectivity index (χ2n) is 0.697. The van der Waals surface area contributed by atoms with Crippen LogP contribution in [0.4, 0.5) is 0 Å². The molecule has 4 radical (unpaired) electrons. The quantitative estimate of drug-likeness (QED) is 0.414. The molecular weight excluding hydrogens is 167 g/mol. The molecule has 0 N–H and O–H groups in total. The van der Waals surface area contributed by atoms with E-state index < -0.39 is 0 Å². The van der Waals surface area contributed by atoms with Crippen LogP contribution in [0, 0.1) is 0 Å². The Kier molecular flexibility index (Phi) is 16.1. The molecule has 0 heterocycles. The van der Waals surface area contributed by atoms with Crippen LogP contribution in [-0.2, 0) is 0 Å². The molecule has 28 valence electrons. The maximum atomic E-state index is 3.48. The molecule has 0 aliphatic carbocycles. The molecule has 0 amide bonds. The average molecular weight is 175 g/mol. The van der Waals surface area contributed by atoms with E-state index in [1.165, 1.54) is 0 Å². The Morgan fingerprint density at radius 2 is 2.00 bits per heavy atom. The summed E-state index contributed by atoms with van der Waals surface area (Å²) in [5.41, 5.74) is 0. The summed E-state index contributed by atoms with van der Waals surface area (Å²) in [5.74, 6) is 0. The van der Waals surface area contributed by atoms with Crippen LogP contribution >= 0.6 is 0 Å². The minimum Gasteiger partial charge on any atom is -0.103 e. The molecule has 0 aromatic rings. The van der Waals surface area contributed by atoms with E-state index >= 15 is 0 Å². The van der Waals surface area contributed by atoms with Gasteiger partial charge in [0.2, 0.25) is 0 Å². The Morgan fingerprint density at radius 3 is 2.00 bits per heavy atom. The normalized spacial score (nSPS) is 5.00. The minimum absolute atomic E-state index is 0. The molecule has 0 nitrogen and oxygen atoms in total. The topological polar surface area (TPSA) is 0 Å². The number of rotatable bonds is 1. The third-order valence-corrected chi connectivity index (χ3v) is 0.289. The van der Waals surface area contributed by atoms with Gasteiger partial charge in [-0.05, 0) is 6.42 Å². The zero-order valence-corrected chi connectivity index (χ0v) is 6.35. The average Bonchev–Trinajstić information content (AvgIpc) is 1.37. The van der Waals surface area contributed by atoms with Gasteiger partial charge in [0.1, 0.15) is 0 Å². The van der Waals surface area contributed by atoms with Gasteiger partial charge in [0.25, 0.3) is 0 Å². The number of allylic oxidation sites excluding steroid dienone is 1. The third kappa shape index (κ3) is 12.4. The van der Waals surface area contributed by atoms with Crippen molar-refractivity contribution in [3.8, 4) is 0 Å². The Balaban J connectivity index is 0. The molecular formula is C4H8Sn. The van der Waals surface area contributed by atoms with Gasteiger partial charge in [-0.25, -0.2) is 0 Å². The van der Waals surface area contributed by atoms with Gasteiger partial charge >= 0.3 is 0 Å². The Hall–Kier alpha value is 0.539. The van der Waals surface area contributed by atoms with Gasteiger partial charge in [-0.15, -0.1) is 6.58 Å². The molecule has 0 bridgehead atoms. The van der Waals surface area contributed by atoms with Crippen molar-refractivity contribution in [3.63, 3.8) is 0 Å². The fourth-order valence-corrected chi connectivity index (χ4v) is 0. The molecule has 0 aliphatic heterocycles. The van der Waals surface area contributed by atoms with Crippen molar-refractivity contribution >= 4 is 23.9 Å². The molecule has 0 aromatic carbocycles. The summed E-state index contributed by atoms with van der Waals surface area (Å²) >= 11 is 0. The molecule has 0 rings (SSSR count). The Labute approximate surface area is 50.2 Å². The smallest absolute Gasteiger partial charge is 0 e. The second-order valence-corrected chi connectivity index (χ2v) is 0.697.